The molecule has 2 heterocycles. The summed E-state index contributed by atoms with van der Waals surface area (Å²) in [5.74, 6) is 1.98. The fraction of sp³-hybridized carbons (Fsp3) is 0.429. The predicted molar refractivity (Wildman–Crippen MR) is 123 cm³/mol. The van der Waals surface area contributed by atoms with Gasteiger partial charge in [0, 0.05) is 17.5 Å². The van der Waals surface area contributed by atoms with Gasteiger partial charge in [0.05, 0.1) is 18.1 Å². The minimum atomic E-state index is -0.367. The molecule has 0 aliphatic carbocycles. The Balaban J connectivity index is 1.73. The van der Waals surface area contributed by atoms with E-state index in [0.29, 0.717) is 21.9 Å². The number of rotatable bonds is 9. The number of nitrogens with zero attached hydrogens (tertiary/aromatic N) is 4. The van der Waals surface area contributed by atoms with E-state index < -0.39 is 0 Å². The number of amides is 1. The van der Waals surface area contributed by atoms with E-state index in [0.717, 1.165) is 11.4 Å². The average Bonchev–Trinajstić information content (AvgIpc) is 3.34. The van der Waals surface area contributed by atoms with E-state index >= 15 is 0 Å². The second-order valence-corrected chi connectivity index (χ2v) is 9.45. The van der Waals surface area contributed by atoms with E-state index in [1.54, 1.807) is 7.11 Å². The standard InChI is InChI=1S/C21H27N5O3S2/c1-12(2)26-18(14(4)29-17-9-7-8-16(10-17)28-6)24-25-21(26)31-15(5)19(27)23-20-22-13(3)11-30-20/h7-12,14-15H,1-6H3,(H,22,23,27). The van der Waals surface area contributed by atoms with E-state index in [2.05, 4.69) is 34.3 Å². The molecule has 10 heteroatoms. The first-order valence-electron chi connectivity index (χ1n) is 9.93. The number of thioether (sulfide) groups is 1. The van der Waals surface area contributed by atoms with Crippen molar-refractivity contribution in [3.8, 4) is 11.5 Å². The lowest BCUT2D eigenvalue weighted by Gasteiger charge is -2.19. The van der Waals surface area contributed by atoms with Crippen molar-refractivity contribution in [2.24, 2.45) is 0 Å². The molecule has 31 heavy (non-hydrogen) atoms. The van der Waals surface area contributed by atoms with Gasteiger partial charge in [0.1, 0.15) is 11.5 Å². The van der Waals surface area contributed by atoms with E-state index in [4.69, 9.17) is 9.47 Å². The Morgan fingerprint density at radius 1 is 1.19 bits per heavy atom. The number of ether oxygens (including phenoxy) is 2. The smallest absolute Gasteiger partial charge is 0.239 e. The zero-order valence-electron chi connectivity index (χ0n) is 18.4. The van der Waals surface area contributed by atoms with Crippen LogP contribution < -0.4 is 14.8 Å². The van der Waals surface area contributed by atoms with Crippen molar-refractivity contribution in [1.82, 2.24) is 19.7 Å². The first-order valence-corrected chi connectivity index (χ1v) is 11.7. The molecule has 166 valence electrons. The summed E-state index contributed by atoms with van der Waals surface area (Å²) < 4.78 is 13.3. The summed E-state index contributed by atoms with van der Waals surface area (Å²) in [5.41, 5.74) is 0.884. The van der Waals surface area contributed by atoms with Crippen LogP contribution in [-0.4, -0.2) is 38.0 Å². The van der Waals surface area contributed by atoms with Crippen LogP contribution in [0.1, 0.15) is 51.4 Å². The van der Waals surface area contributed by atoms with Gasteiger partial charge >= 0.3 is 0 Å². The Bertz CT molecular complexity index is 1030. The maximum Gasteiger partial charge on any atom is 0.239 e. The van der Waals surface area contributed by atoms with Crippen LogP contribution in [-0.2, 0) is 4.79 Å². The van der Waals surface area contributed by atoms with Gasteiger partial charge in [-0.1, -0.05) is 17.8 Å². The number of carbonyl (C=O) groups is 1. The predicted octanol–water partition coefficient (Wildman–Crippen LogP) is 4.89. The molecule has 1 N–H and O–H groups in total. The van der Waals surface area contributed by atoms with Gasteiger partial charge in [-0.3, -0.25) is 4.79 Å². The van der Waals surface area contributed by atoms with Crippen molar-refractivity contribution in [3.05, 3.63) is 41.2 Å². The van der Waals surface area contributed by atoms with E-state index in [1.165, 1.54) is 23.1 Å². The molecule has 0 spiro atoms. The monoisotopic (exact) mass is 461 g/mol. The topological polar surface area (TPSA) is 91.2 Å². The van der Waals surface area contributed by atoms with Crippen LogP contribution in [0.2, 0.25) is 0 Å². The van der Waals surface area contributed by atoms with Gasteiger partial charge in [-0.15, -0.1) is 21.5 Å². The summed E-state index contributed by atoms with van der Waals surface area (Å²) in [4.78, 5) is 16.9. The Morgan fingerprint density at radius 2 is 1.94 bits per heavy atom. The Hall–Kier alpha value is -2.59. The van der Waals surface area contributed by atoms with Gasteiger partial charge in [-0.2, -0.15) is 0 Å². The second kappa shape index (κ2) is 10.1. The summed E-state index contributed by atoms with van der Waals surface area (Å²) >= 11 is 2.77. The molecule has 1 amide bonds. The summed E-state index contributed by atoms with van der Waals surface area (Å²) in [6.45, 7) is 9.77. The van der Waals surface area contributed by atoms with Crippen molar-refractivity contribution >= 4 is 34.1 Å². The van der Waals surface area contributed by atoms with Crippen LogP contribution in [0.25, 0.3) is 0 Å². The lowest BCUT2D eigenvalue weighted by Crippen LogP contribution is -2.23. The highest BCUT2D eigenvalue weighted by Crippen LogP contribution is 2.31. The SMILES string of the molecule is COc1cccc(OC(C)c2nnc(SC(C)C(=O)Nc3nc(C)cs3)n2C(C)C)c1. The van der Waals surface area contributed by atoms with Gasteiger partial charge in [0.25, 0.3) is 0 Å². The number of aryl methyl sites for hydroxylation is 1. The van der Waals surface area contributed by atoms with Crippen LogP contribution in [0.5, 0.6) is 11.5 Å². The van der Waals surface area contributed by atoms with Crippen molar-refractivity contribution in [2.75, 3.05) is 12.4 Å². The van der Waals surface area contributed by atoms with E-state index in [9.17, 15) is 4.79 Å². The molecule has 3 rings (SSSR count). The molecule has 3 aromatic rings. The van der Waals surface area contributed by atoms with Crippen molar-refractivity contribution in [2.45, 2.75) is 57.2 Å². The Kier molecular flexibility index (Phi) is 7.55. The second-order valence-electron chi connectivity index (χ2n) is 7.29. The molecule has 0 saturated heterocycles. The molecule has 2 aromatic heterocycles. The summed E-state index contributed by atoms with van der Waals surface area (Å²) in [7, 11) is 1.62. The molecule has 1 aromatic carbocycles. The summed E-state index contributed by atoms with van der Waals surface area (Å²) in [5, 5.41) is 14.4. The van der Waals surface area contributed by atoms with E-state index in [-0.39, 0.29) is 23.3 Å². The Morgan fingerprint density at radius 3 is 2.58 bits per heavy atom. The number of aromatic nitrogens is 4. The van der Waals surface area contributed by atoms with E-state index in [1.807, 2.05) is 55.0 Å². The minimum absolute atomic E-state index is 0.0979. The third-order valence-corrected chi connectivity index (χ3v) is 6.36. The first-order chi connectivity index (χ1) is 14.8. The van der Waals surface area contributed by atoms with Crippen LogP contribution in [0, 0.1) is 6.92 Å². The first kappa shape index (κ1) is 23.1. The fourth-order valence-corrected chi connectivity index (χ4v) is 4.57. The van der Waals surface area contributed by atoms with Crippen LogP contribution in [0.3, 0.4) is 0 Å². The molecular weight excluding hydrogens is 434 g/mol. The van der Waals surface area contributed by atoms with Gasteiger partial charge in [0.15, 0.2) is 22.2 Å². The molecule has 0 saturated carbocycles. The van der Waals surface area contributed by atoms with Gasteiger partial charge < -0.3 is 19.4 Å². The van der Waals surface area contributed by atoms with Crippen LogP contribution in [0.4, 0.5) is 5.13 Å². The molecule has 0 bridgehead atoms. The number of thiazole rings is 1. The number of benzene rings is 1. The minimum Gasteiger partial charge on any atom is -0.497 e. The maximum atomic E-state index is 12.6. The van der Waals surface area contributed by atoms with Gasteiger partial charge in [0.2, 0.25) is 5.91 Å². The summed E-state index contributed by atoms with van der Waals surface area (Å²) in [6.07, 6.45) is -0.334. The molecule has 0 aliphatic rings. The number of carbonyl (C=O) groups excluding carboxylic acids is 1. The average molecular weight is 462 g/mol. The Labute approximate surface area is 190 Å². The molecule has 2 unspecified atom stereocenters. The van der Waals surface area contributed by atoms with Gasteiger partial charge in [-0.05, 0) is 46.8 Å². The van der Waals surface area contributed by atoms with Crippen LogP contribution >= 0.6 is 23.1 Å². The van der Waals surface area contributed by atoms with Crippen molar-refractivity contribution in [1.29, 1.82) is 0 Å². The number of hydrogen-bond acceptors (Lipinski definition) is 8. The molecule has 0 fully saturated rings. The van der Waals surface area contributed by atoms with Gasteiger partial charge in [-0.25, -0.2) is 4.98 Å². The van der Waals surface area contributed by atoms with Crippen LogP contribution in [0.15, 0.2) is 34.8 Å². The highest BCUT2D eigenvalue weighted by atomic mass is 32.2. The highest BCUT2D eigenvalue weighted by molar-refractivity contribution is 8.00. The molecule has 2 atom stereocenters. The molecule has 0 aliphatic heterocycles. The number of anilines is 1. The highest BCUT2D eigenvalue weighted by Gasteiger charge is 2.25. The molecular formula is C21H27N5O3S2. The normalized spacial score (nSPS) is 13.1. The molecule has 8 nitrogen and oxygen atoms in total. The number of hydrogen-bond donors (Lipinski definition) is 1. The largest absolute Gasteiger partial charge is 0.497 e. The third-order valence-electron chi connectivity index (χ3n) is 4.43. The maximum absolute atomic E-state index is 12.6. The third kappa shape index (κ3) is 5.76. The zero-order valence-corrected chi connectivity index (χ0v) is 20.1. The quantitative estimate of drug-likeness (QED) is 0.454. The lowest BCUT2D eigenvalue weighted by molar-refractivity contribution is -0.115. The van der Waals surface area contributed by atoms with Crippen molar-refractivity contribution in [3.63, 3.8) is 0 Å². The number of methoxy groups -OCH3 is 1. The van der Waals surface area contributed by atoms with Crippen molar-refractivity contribution < 1.29 is 14.3 Å². The zero-order chi connectivity index (χ0) is 22.5. The fourth-order valence-electron chi connectivity index (χ4n) is 2.89. The summed E-state index contributed by atoms with van der Waals surface area (Å²) in [6, 6.07) is 7.54. The lowest BCUT2D eigenvalue weighted by atomic mass is 10.3. The molecule has 0 radical (unpaired) electrons. The number of nitrogens with one attached hydrogen (secondary N) is 1.